The molecule has 0 bridgehead atoms. The quantitative estimate of drug-likeness (QED) is 0.134. The van der Waals surface area contributed by atoms with Crippen molar-refractivity contribution in [2.45, 2.75) is 37.5 Å². The van der Waals surface area contributed by atoms with E-state index < -0.39 is 34.1 Å². The highest BCUT2D eigenvalue weighted by Gasteiger charge is 2.48. The number of benzene rings is 5. The molecule has 5 aromatic carbocycles. The molecule has 2 nitrogen and oxygen atoms in total. The first-order chi connectivity index (χ1) is 22.5. The Bertz CT molecular complexity index is 2120. The minimum atomic E-state index is -0.618. The number of likely N-dealkylation sites (N-methyl/N-ethyl adjacent to an activating group) is 1. The van der Waals surface area contributed by atoms with Crippen LogP contribution in [-0.2, 0) is 23.7 Å². The van der Waals surface area contributed by atoms with Crippen LogP contribution in [0.2, 0.25) is 0 Å². The molecule has 47 heavy (non-hydrogen) atoms. The summed E-state index contributed by atoms with van der Waals surface area (Å²) >= 11 is 0. The van der Waals surface area contributed by atoms with Crippen molar-refractivity contribution in [3.05, 3.63) is 167 Å². The number of hydrogen-bond donors (Lipinski definition) is 0. The van der Waals surface area contributed by atoms with Crippen molar-refractivity contribution in [1.29, 1.82) is 0 Å². The van der Waals surface area contributed by atoms with Gasteiger partial charge in [-0.1, -0.05) is 48.5 Å². The summed E-state index contributed by atoms with van der Waals surface area (Å²) in [6, 6.07) is 27.9. The van der Waals surface area contributed by atoms with Gasteiger partial charge < -0.3 is 4.90 Å². The van der Waals surface area contributed by atoms with Crippen LogP contribution in [0.1, 0.15) is 36.1 Å². The average molecular weight is 632 g/mol. The van der Waals surface area contributed by atoms with E-state index in [4.69, 9.17) is 0 Å². The molecule has 2 heterocycles. The van der Waals surface area contributed by atoms with Crippen molar-refractivity contribution in [3.63, 3.8) is 0 Å². The van der Waals surface area contributed by atoms with Crippen LogP contribution in [0.3, 0.4) is 0 Å². The zero-order valence-electron chi connectivity index (χ0n) is 26.8. The van der Waals surface area contributed by atoms with Gasteiger partial charge in [0.15, 0.2) is 5.71 Å². The molecule has 5 aromatic rings. The Morgan fingerprint density at radius 2 is 1.28 bits per heavy atom. The second-order valence-corrected chi connectivity index (χ2v) is 13.2. The minimum absolute atomic E-state index is 0.386. The highest BCUT2D eigenvalue weighted by molar-refractivity contribution is 6.08. The Morgan fingerprint density at radius 1 is 0.702 bits per heavy atom. The monoisotopic (exact) mass is 631 g/mol. The zero-order valence-corrected chi connectivity index (χ0v) is 26.8. The third kappa shape index (κ3) is 5.16. The predicted molar refractivity (Wildman–Crippen MR) is 182 cm³/mol. The summed E-state index contributed by atoms with van der Waals surface area (Å²) in [5.41, 5.74) is 6.20. The maximum atomic E-state index is 14.4. The van der Waals surface area contributed by atoms with E-state index in [1.54, 1.807) is 0 Å². The Hall–Kier alpha value is -4.97. The first-order valence-electron chi connectivity index (χ1n) is 15.7. The lowest BCUT2D eigenvalue weighted by Gasteiger charge is -2.29. The largest absolute Gasteiger partial charge is 0.347 e. The summed E-state index contributed by atoms with van der Waals surface area (Å²) in [4.78, 5) is 2.13. The van der Waals surface area contributed by atoms with Crippen molar-refractivity contribution < 1.29 is 22.1 Å². The second-order valence-electron chi connectivity index (χ2n) is 13.2. The van der Waals surface area contributed by atoms with Crippen LogP contribution in [0, 0.1) is 23.3 Å². The lowest BCUT2D eigenvalue weighted by atomic mass is 9.73. The Balaban J connectivity index is 1.34. The summed E-state index contributed by atoms with van der Waals surface area (Å²) in [6.45, 7) is 4.24. The van der Waals surface area contributed by atoms with Gasteiger partial charge in [0, 0.05) is 53.7 Å². The SMILES string of the molecule is CN1C(=CC=CC2=[N+](C)c3ccc4ccccc4c3C2(C)Cc2cc(F)cc(F)c2)C(C)(Cc2cc(F)cc(F)c2)c2ccccc21. The maximum Gasteiger partial charge on any atom is 0.210 e. The molecule has 7 rings (SSSR count). The van der Waals surface area contributed by atoms with E-state index in [0.717, 1.165) is 56.8 Å². The van der Waals surface area contributed by atoms with E-state index in [1.807, 2.05) is 44.4 Å². The Labute approximate surface area is 272 Å². The number of rotatable bonds is 6. The van der Waals surface area contributed by atoms with Crippen LogP contribution >= 0.6 is 0 Å². The molecular weight excluding hydrogens is 596 g/mol. The number of para-hydroxylation sites is 1. The molecule has 0 saturated carbocycles. The Kier molecular flexibility index (Phi) is 7.42. The summed E-state index contributed by atoms with van der Waals surface area (Å²) < 4.78 is 59.5. The highest BCUT2D eigenvalue weighted by atomic mass is 19.1. The number of fused-ring (bicyclic) bond motifs is 4. The molecule has 0 N–H and O–H groups in total. The molecule has 2 unspecified atom stereocenters. The van der Waals surface area contributed by atoms with Gasteiger partial charge in [0.25, 0.3) is 0 Å². The third-order valence-electron chi connectivity index (χ3n) is 10.0. The molecule has 236 valence electrons. The molecule has 0 amide bonds. The molecule has 0 aliphatic carbocycles. The van der Waals surface area contributed by atoms with E-state index in [0.29, 0.717) is 24.0 Å². The Morgan fingerprint density at radius 3 is 1.94 bits per heavy atom. The predicted octanol–water partition coefficient (Wildman–Crippen LogP) is 9.72. The van der Waals surface area contributed by atoms with Gasteiger partial charge in [0.1, 0.15) is 30.3 Å². The summed E-state index contributed by atoms with van der Waals surface area (Å²) in [5, 5.41) is 2.19. The summed E-state index contributed by atoms with van der Waals surface area (Å²) in [5.74, 6) is -2.40. The molecule has 2 aliphatic rings. The fraction of sp³-hybridized carbons (Fsp3) is 0.195. The van der Waals surface area contributed by atoms with E-state index in [-0.39, 0.29) is 0 Å². The highest BCUT2D eigenvalue weighted by Crippen LogP contribution is 2.49. The molecule has 0 fully saturated rings. The molecular formula is C41H35F4N2+. The van der Waals surface area contributed by atoms with Gasteiger partial charge in [0.05, 0.1) is 5.41 Å². The molecule has 0 aromatic heterocycles. The van der Waals surface area contributed by atoms with Crippen molar-refractivity contribution >= 4 is 27.9 Å². The van der Waals surface area contributed by atoms with Crippen molar-refractivity contribution in [2.24, 2.45) is 0 Å². The number of nitrogens with zero attached hydrogens (tertiary/aromatic N) is 2. The lowest BCUT2D eigenvalue weighted by molar-refractivity contribution is -0.401. The van der Waals surface area contributed by atoms with Gasteiger partial charge in [-0.2, -0.15) is 4.58 Å². The van der Waals surface area contributed by atoms with Gasteiger partial charge in [-0.3, -0.25) is 0 Å². The number of anilines is 1. The number of hydrogen-bond acceptors (Lipinski definition) is 1. The smallest absolute Gasteiger partial charge is 0.210 e. The van der Waals surface area contributed by atoms with Gasteiger partial charge in [0.2, 0.25) is 5.69 Å². The van der Waals surface area contributed by atoms with Crippen molar-refractivity contribution in [3.8, 4) is 0 Å². The molecule has 0 radical (unpaired) electrons. The van der Waals surface area contributed by atoms with Crippen LogP contribution in [0.25, 0.3) is 10.8 Å². The molecule has 0 spiro atoms. The van der Waals surface area contributed by atoms with E-state index in [1.165, 1.54) is 24.3 Å². The van der Waals surface area contributed by atoms with Crippen LogP contribution < -0.4 is 4.90 Å². The topological polar surface area (TPSA) is 6.25 Å². The fourth-order valence-electron chi connectivity index (χ4n) is 8.05. The van der Waals surface area contributed by atoms with Crippen LogP contribution in [0.5, 0.6) is 0 Å². The van der Waals surface area contributed by atoms with Gasteiger partial charge >= 0.3 is 0 Å². The molecule has 0 saturated heterocycles. The standard InChI is InChI=1S/C41H35F4N2/c1-40(24-26-18-29(42)22-30(43)19-26)34-12-7-8-13-35(34)46(3)37(40)14-9-15-38-41(2,25-27-20-31(44)23-32(45)21-27)39-33-11-6-5-10-28(33)16-17-36(39)47(38)4/h5-23H,24-25H2,1-4H3/q+1. The first-order valence-corrected chi connectivity index (χ1v) is 15.7. The lowest BCUT2D eigenvalue weighted by Crippen LogP contribution is -2.33. The molecule has 2 atom stereocenters. The van der Waals surface area contributed by atoms with E-state index in [9.17, 15) is 17.6 Å². The molecule has 6 heteroatoms. The van der Waals surface area contributed by atoms with Crippen molar-refractivity contribution in [2.75, 3.05) is 19.0 Å². The normalized spacial score (nSPS) is 21.4. The minimum Gasteiger partial charge on any atom is -0.347 e. The van der Waals surface area contributed by atoms with Gasteiger partial charge in [-0.05, 0) is 96.6 Å². The first kappa shape index (κ1) is 30.7. The van der Waals surface area contributed by atoms with Crippen LogP contribution in [0.15, 0.2) is 121 Å². The van der Waals surface area contributed by atoms with E-state index in [2.05, 4.69) is 71.9 Å². The van der Waals surface area contributed by atoms with Crippen LogP contribution in [-0.4, -0.2) is 24.4 Å². The summed E-state index contributed by atoms with van der Waals surface area (Å²) in [7, 11) is 4.04. The fourth-order valence-corrected chi connectivity index (χ4v) is 8.05. The second kappa shape index (κ2) is 11.4. The number of halogens is 4. The average Bonchev–Trinajstić information content (AvgIpc) is 3.35. The molecule has 2 aliphatic heterocycles. The number of allylic oxidation sites excluding steroid dienone is 4. The zero-order chi connectivity index (χ0) is 33.1. The summed E-state index contributed by atoms with van der Waals surface area (Å²) in [6.07, 6.45) is 6.96. The maximum absolute atomic E-state index is 14.4. The third-order valence-corrected chi connectivity index (χ3v) is 10.0. The van der Waals surface area contributed by atoms with Gasteiger partial charge in [-0.25, -0.2) is 17.6 Å². The van der Waals surface area contributed by atoms with E-state index >= 15 is 0 Å². The van der Waals surface area contributed by atoms with Crippen LogP contribution in [0.4, 0.5) is 28.9 Å². The van der Waals surface area contributed by atoms with Gasteiger partial charge in [-0.15, -0.1) is 0 Å². The van der Waals surface area contributed by atoms with Crippen molar-refractivity contribution in [1.82, 2.24) is 0 Å².